The average molecular weight is 271 g/mol. The summed E-state index contributed by atoms with van der Waals surface area (Å²) in [6, 6.07) is 11.0. The summed E-state index contributed by atoms with van der Waals surface area (Å²) in [5.74, 6) is 0.0783. The molecule has 104 valence electrons. The first-order valence-electron chi connectivity index (χ1n) is 6.29. The third-order valence-corrected chi connectivity index (χ3v) is 2.84. The highest BCUT2D eigenvalue weighted by atomic mass is 16.5. The lowest BCUT2D eigenvalue weighted by Crippen LogP contribution is -2.16. The second-order valence-corrected chi connectivity index (χ2v) is 4.20. The van der Waals surface area contributed by atoms with E-state index in [1.165, 1.54) is 7.11 Å². The van der Waals surface area contributed by atoms with Crippen LogP contribution in [-0.4, -0.2) is 25.0 Å². The zero-order valence-corrected chi connectivity index (χ0v) is 11.5. The number of hydrogen-bond donors (Lipinski definition) is 2. The molecule has 0 aliphatic carbocycles. The van der Waals surface area contributed by atoms with Gasteiger partial charge >= 0.3 is 0 Å². The normalized spacial score (nSPS) is 10.1. The Morgan fingerprint density at radius 2 is 2.05 bits per heavy atom. The van der Waals surface area contributed by atoms with Gasteiger partial charge in [0, 0.05) is 18.4 Å². The topological polar surface area (TPSA) is 63.2 Å². The molecule has 1 aromatic carbocycles. The second-order valence-electron chi connectivity index (χ2n) is 4.20. The van der Waals surface area contributed by atoms with Crippen LogP contribution >= 0.6 is 0 Å². The van der Waals surface area contributed by atoms with Crippen LogP contribution in [0.25, 0.3) is 0 Å². The Kier molecular flexibility index (Phi) is 4.68. The van der Waals surface area contributed by atoms with E-state index in [0.29, 0.717) is 18.0 Å². The van der Waals surface area contributed by atoms with Crippen molar-refractivity contribution in [2.24, 2.45) is 0 Å². The maximum Gasteiger partial charge on any atom is 0.261 e. The van der Waals surface area contributed by atoms with Crippen LogP contribution in [0, 0.1) is 0 Å². The lowest BCUT2D eigenvalue weighted by atomic mass is 10.1. The summed E-state index contributed by atoms with van der Waals surface area (Å²) in [6.07, 6.45) is 1.59. The Labute approximate surface area is 118 Å². The molecule has 0 spiro atoms. The van der Waals surface area contributed by atoms with Gasteiger partial charge in [-0.3, -0.25) is 4.79 Å². The largest absolute Gasteiger partial charge is 0.480 e. The molecular formula is C15H17N3O2. The number of para-hydroxylation sites is 1. The summed E-state index contributed by atoms with van der Waals surface area (Å²) < 4.78 is 5.10. The number of rotatable bonds is 5. The van der Waals surface area contributed by atoms with E-state index in [1.807, 2.05) is 31.3 Å². The molecule has 2 aromatic rings. The number of hydrogen-bond acceptors (Lipinski definition) is 4. The number of aromatic nitrogens is 1. The van der Waals surface area contributed by atoms with Crippen molar-refractivity contribution in [3.8, 4) is 5.88 Å². The average Bonchev–Trinajstić information content (AvgIpc) is 2.49. The van der Waals surface area contributed by atoms with E-state index in [1.54, 1.807) is 18.3 Å². The predicted molar refractivity (Wildman–Crippen MR) is 77.9 cm³/mol. The summed E-state index contributed by atoms with van der Waals surface area (Å²) in [5.41, 5.74) is 2.21. The van der Waals surface area contributed by atoms with Crippen molar-refractivity contribution < 1.29 is 9.53 Å². The SMILES string of the molecule is CNCc1ccccc1NC(=O)c1cccnc1OC. The van der Waals surface area contributed by atoms with Gasteiger partial charge in [0.2, 0.25) is 5.88 Å². The van der Waals surface area contributed by atoms with Crippen LogP contribution in [0.15, 0.2) is 42.6 Å². The van der Waals surface area contributed by atoms with E-state index in [0.717, 1.165) is 11.3 Å². The molecule has 0 saturated heterocycles. The minimum absolute atomic E-state index is 0.237. The van der Waals surface area contributed by atoms with Crippen molar-refractivity contribution in [3.63, 3.8) is 0 Å². The summed E-state index contributed by atoms with van der Waals surface area (Å²) >= 11 is 0. The van der Waals surface area contributed by atoms with Gasteiger partial charge in [-0.25, -0.2) is 4.98 Å². The Balaban J connectivity index is 2.24. The van der Waals surface area contributed by atoms with Crippen LogP contribution in [0.2, 0.25) is 0 Å². The standard InChI is InChI=1S/C15H17N3O2/c1-16-10-11-6-3-4-8-13(11)18-14(19)12-7-5-9-17-15(12)20-2/h3-9,16H,10H2,1-2H3,(H,18,19). The molecule has 1 amide bonds. The molecule has 1 heterocycles. The van der Waals surface area contributed by atoms with Gasteiger partial charge in [-0.2, -0.15) is 0 Å². The number of carbonyl (C=O) groups excluding carboxylic acids is 1. The van der Waals surface area contributed by atoms with Crippen LogP contribution in [0.1, 0.15) is 15.9 Å². The van der Waals surface area contributed by atoms with Crippen LogP contribution < -0.4 is 15.4 Å². The Morgan fingerprint density at radius 1 is 1.25 bits per heavy atom. The van der Waals surface area contributed by atoms with Gasteiger partial charge in [-0.15, -0.1) is 0 Å². The fourth-order valence-electron chi connectivity index (χ4n) is 1.90. The van der Waals surface area contributed by atoms with Crippen molar-refractivity contribution in [1.82, 2.24) is 10.3 Å². The Hall–Kier alpha value is -2.40. The highest BCUT2D eigenvalue weighted by Gasteiger charge is 2.14. The molecule has 0 saturated carbocycles. The monoisotopic (exact) mass is 271 g/mol. The summed E-state index contributed by atoms with van der Waals surface area (Å²) in [7, 11) is 3.36. The molecule has 5 heteroatoms. The maximum absolute atomic E-state index is 12.3. The highest BCUT2D eigenvalue weighted by Crippen LogP contribution is 2.19. The van der Waals surface area contributed by atoms with E-state index in [9.17, 15) is 4.79 Å². The van der Waals surface area contributed by atoms with Crippen molar-refractivity contribution in [1.29, 1.82) is 0 Å². The highest BCUT2D eigenvalue weighted by molar-refractivity contribution is 6.06. The number of nitrogens with zero attached hydrogens (tertiary/aromatic N) is 1. The molecule has 0 bridgehead atoms. The van der Waals surface area contributed by atoms with Crippen LogP contribution in [-0.2, 0) is 6.54 Å². The van der Waals surface area contributed by atoms with Gasteiger partial charge in [-0.1, -0.05) is 18.2 Å². The molecule has 5 nitrogen and oxygen atoms in total. The number of anilines is 1. The minimum Gasteiger partial charge on any atom is -0.480 e. The van der Waals surface area contributed by atoms with Gasteiger partial charge in [0.15, 0.2) is 0 Å². The van der Waals surface area contributed by atoms with Crippen molar-refractivity contribution in [2.45, 2.75) is 6.54 Å². The van der Waals surface area contributed by atoms with Crippen molar-refractivity contribution in [2.75, 3.05) is 19.5 Å². The van der Waals surface area contributed by atoms with E-state index in [4.69, 9.17) is 4.74 Å². The van der Waals surface area contributed by atoms with Gasteiger partial charge < -0.3 is 15.4 Å². The van der Waals surface area contributed by atoms with Crippen molar-refractivity contribution in [3.05, 3.63) is 53.7 Å². The molecule has 0 aliphatic rings. The Bertz CT molecular complexity index is 599. The second kappa shape index (κ2) is 6.68. The van der Waals surface area contributed by atoms with E-state index >= 15 is 0 Å². The molecule has 0 fully saturated rings. The van der Waals surface area contributed by atoms with Crippen LogP contribution in [0.4, 0.5) is 5.69 Å². The lowest BCUT2D eigenvalue weighted by molar-refractivity contribution is 0.102. The zero-order valence-electron chi connectivity index (χ0n) is 11.5. The Morgan fingerprint density at radius 3 is 2.80 bits per heavy atom. The van der Waals surface area contributed by atoms with Crippen molar-refractivity contribution >= 4 is 11.6 Å². The van der Waals surface area contributed by atoms with E-state index in [2.05, 4.69) is 15.6 Å². The minimum atomic E-state index is -0.237. The number of carbonyl (C=O) groups is 1. The number of amides is 1. The fourth-order valence-corrected chi connectivity index (χ4v) is 1.90. The third-order valence-electron chi connectivity index (χ3n) is 2.84. The van der Waals surface area contributed by atoms with E-state index in [-0.39, 0.29) is 5.91 Å². The number of pyridine rings is 1. The summed E-state index contributed by atoms with van der Waals surface area (Å²) in [4.78, 5) is 16.3. The zero-order chi connectivity index (χ0) is 14.4. The summed E-state index contributed by atoms with van der Waals surface area (Å²) in [5, 5.41) is 5.96. The molecule has 0 unspecified atom stereocenters. The summed E-state index contributed by atoms with van der Waals surface area (Å²) in [6.45, 7) is 0.681. The predicted octanol–water partition coefficient (Wildman–Crippen LogP) is 2.06. The quantitative estimate of drug-likeness (QED) is 0.873. The number of nitrogens with one attached hydrogen (secondary N) is 2. The third kappa shape index (κ3) is 3.13. The maximum atomic E-state index is 12.3. The molecule has 1 aromatic heterocycles. The van der Waals surface area contributed by atoms with Gasteiger partial charge in [-0.05, 0) is 30.8 Å². The van der Waals surface area contributed by atoms with Gasteiger partial charge in [0.05, 0.1) is 7.11 Å². The molecule has 0 aliphatic heterocycles. The lowest BCUT2D eigenvalue weighted by Gasteiger charge is -2.11. The number of ether oxygens (including phenoxy) is 1. The molecule has 2 N–H and O–H groups in total. The van der Waals surface area contributed by atoms with Gasteiger partial charge in [0.25, 0.3) is 5.91 Å². The number of methoxy groups -OCH3 is 1. The molecule has 0 atom stereocenters. The first kappa shape index (κ1) is 14.0. The van der Waals surface area contributed by atoms with E-state index < -0.39 is 0 Å². The van der Waals surface area contributed by atoms with Crippen LogP contribution in [0.5, 0.6) is 5.88 Å². The smallest absolute Gasteiger partial charge is 0.261 e. The fraction of sp³-hybridized carbons (Fsp3) is 0.200. The molecule has 2 rings (SSSR count). The first-order valence-corrected chi connectivity index (χ1v) is 6.29. The molecule has 0 radical (unpaired) electrons. The molecular weight excluding hydrogens is 254 g/mol. The van der Waals surface area contributed by atoms with Crippen LogP contribution in [0.3, 0.4) is 0 Å². The number of benzene rings is 1. The van der Waals surface area contributed by atoms with Gasteiger partial charge in [0.1, 0.15) is 5.56 Å². The first-order chi connectivity index (χ1) is 9.76. The molecule has 20 heavy (non-hydrogen) atoms.